The molecule has 24 heavy (non-hydrogen) atoms. The molecule has 4 nitrogen and oxygen atoms in total. The summed E-state index contributed by atoms with van der Waals surface area (Å²) in [5.74, 6) is -1.00. The van der Waals surface area contributed by atoms with Crippen LogP contribution in [0.3, 0.4) is 0 Å². The lowest BCUT2D eigenvalue weighted by Crippen LogP contribution is -2.13. The average Bonchev–Trinajstić information content (AvgIpc) is 2.98. The van der Waals surface area contributed by atoms with Crippen LogP contribution in [0.15, 0.2) is 29.6 Å². The van der Waals surface area contributed by atoms with Crippen LogP contribution in [0.2, 0.25) is 0 Å². The first-order valence-corrected chi connectivity index (χ1v) is 8.70. The van der Waals surface area contributed by atoms with E-state index >= 15 is 0 Å². The zero-order valence-electron chi connectivity index (χ0n) is 13.7. The number of unbranched alkanes of at least 4 members (excludes halogenated alkanes) is 2. The van der Waals surface area contributed by atoms with Gasteiger partial charge in [0, 0.05) is 17.4 Å². The van der Waals surface area contributed by atoms with Crippen molar-refractivity contribution in [2.75, 3.05) is 12.4 Å². The highest BCUT2D eigenvalue weighted by Gasteiger charge is 2.22. The summed E-state index contributed by atoms with van der Waals surface area (Å²) in [5, 5.41) is 5.02. The molecule has 0 bridgehead atoms. The first-order chi connectivity index (χ1) is 11.6. The fourth-order valence-corrected chi connectivity index (χ4v) is 3.29. The topological polar surface area (TPSA) is 55.4 Å². The predicted octanol–water partition coefficient (Wildman–Crippen LogP) is 4.86. The molecule has 0 radical (unpaired) electrons. The molecule has 2 rings (SSSR count). The summed E-state index contributed by atoms with van der Waals surface area (Å²) in [6.07, 6.45) is 3.25. The molecule has 0 aliphatic rings. The molecule has 2 aromatic rings. The second-order valence-corrected chi connectivity index (χ2v) is 6.24. The maximum Gasteiger partial charge on any atom is 0.341 e. The van der Waals surface area contributed by atoms with Crippen LogP contribution in [0.5, 0.6) is 0 Å². The largest absolute Gasteiger partial charge is 0.465 e. The summed E-state index contributed by atoms with van der Waals surface area (Å²) < 4.78 is 18.0. The van der Waals surface area contributed by atoms with Crippen molar-refractivity contribution in [1.29, 1.82) is 0 Å². The molecule has 128 valence electrons. The van der Waals surface area contributed by atoms with Gasteiger partial charge in [0.15, 0.2) is 0 Å². The number of esters is 1. The van der Waals surface area contributed by atoms with Crippen molar-refractivity contribution in [3.8, 4) is 11.1 Å². The average molecular weight is 349 g/mol. The lowest BCUT2D eigenvalue weighted by atomic mass is 10.0. The third-order valence-electron chi connectivity index (χ3n) is 3.60. The Morgan fingerprint density at radius 2 is 1.92 bits per heavy atom. The zero-order valence-corrected chi connectivity index (χ0v) is 14.5. The van der Waals surface area contributed by atoms with Gasteiger partial charge in [-0.15, -0.1) is 11.3 Å². The number of carbonyl (C=O) groups is 2. The highest BCUT2D eigenvalue weighted by molar-refractivity contribution is 7.15. The number of rotatable bonds is 7. The summed E-state index contributed by atoms with van der Waals surface area (Å²) in [6.45, 7) is 2.07. The molecule has 0 spiro atoms. The number of anilines is 1. The monoisotopic (exact) mass is 349 g/mol. The van der Waals surface area contributed by atoms with Crippen LogP contribution in [0.4, 0.5) is 9.39 Å². The molecule has 0 fully saturated rings. The maximum atomic E-state index is 13.1. The summed E-state index contributed by atoms with van der Waals surface area (Å²) in [4.78, 5) is 24.2. The van der Waals surface area contributed by atoms with Crippen LogP contribution in [0.1, 0.15) is 43.0 Å². The van der Waals surface area contributed by atoms with E-state index in [9.17, 15) is 14.0 Å². The van der Waals surface area contributed by atoms with Crippen molar-refractivity contribution in [3.05, 3.63) is 41.0 Å². The minimum absolute atomic E-state index is 0.124. The summed E-state index contributed by atoms with van der Waals surface area (Å²) in [6, 6.07) is 5.85. The first kappa shape index (κ1) is 18.1. The third kappa shape index (κ3) is 4.41. The number of nitrogens with one attached hydrogen (secondary N) is 1. The Hall–Kier alpha value is -2.21. The van der Waals surface area contributed by atoms with Crippen molar-refractivity contribution < 1.29 is 18.7 Å². The van der Waals surface area contributed by atoms with Crippen LogP contribution in [0, 0.1) is 5.82 Å². The van der Waals surface area contributed by atoms with Gasteiger partial charge in [-0.3, -0.25) is 4.79 Å². The van der Waals surface area contributed by atoms with Crippen LogP contribution in [0.25, 0.3) is 11.1 Å². The zero-order chi connectivity index (χ0) is 17.5. The number of carbonyl (C=O) groups excluding carboxylic acids is 2. The Balaban J connectivity index is 2.27. The minimum atomic E-state index is -0.528. The normalized spacial score (nSPS) is 10.5. The second kappa shape index (κ2) is 8.59. The third-order valence-corrected chi connectivity index (χ3v) is 4.49. The van der Waals surface area contributed by atoms with E-state index in [1.54, 1.807) is 17.5 Å². The van der Waals surface area contributed by atoms with Crippen molar-refractivity contribution >= 4 is 28.2 Å². The van der Waals surface area contributed by atoms with Gasteiger partial charge >= 0.3 is 5.97 Å². The standard InChI is InChI=1S/C18H20FNO3S/c1-3-4-5-6-15(21)20-17-16(18(22)23-2)14(11-24-17)12-7-9-13(19)10-8-12/h7-11H,3-6H2,1-2H3,(H,20,21). The number of amides is 1. The molecule has 1 N–H and O–H groups in total. The fourth-order valence-electron chi connectivity index (χ4n) is 2.32. The summed E-state index contributed by atoms with van der Waals surface area (Å²) in [7, 11) is 1.29. The van der Waals surface area contributed by atoms with Crippen molar-refractivity contribution in [2.45, 2.75) is 32.6 Å². The van der Waals surface area contributed by atoms with Gasteiger partial charge in [0.05, 0.1) is 7.11 Å². The Kier molecular flexibility index (Phi) is 6.49. The number of thiophene rings is 1. The van der Waals surface area contributed by atoms with E-state index in [2.05, 4.69) is 12.2 Å². The lowest BCUT2D eigenvalue weighted by Gasteiger charge is -2.08. The highest BCUT2D eigenvalue weighted by atomic mass is 32.1. The van der Waals surface area contributed by atoms with E-state index in [-0.39, 0.29) is 11.7 Å². The number of ether oxygens (including phenoxy) is 1. The van der Waals surface area contributed by atoms with Crippen LogP contribution < -0.4 is 5.32 Å². The van der Waals surface area contributed by atoms with E-state index in [4.69, 9.17) is 4.74 Å². The first-order valence-electron chi connectivity index (χ1n) is 7.82. The Labute approximate surface area is 144 Å². The highest BCUT2D eigenvalue weighted by Crippen LogP contribution is 2.36. The van der Waals surface area contributed by atoms with Gasteiger partial charge in [0.25, 0.3) is 0 Å². The van der Waals surface area contributed by atoms with E-state index in [0.29, 0.717) is 28.1 Å². The van der Waals surface area contributed by atoms with Gasteiger partial charge in [-0.25, -0.2) is 9.18 Å². The fraction of sp³-hybridized carbons (Fsp3) is 0.333. The number of hydrogen-bond donors (Lipinski definition) is 1. The molecule has 0 aliphatic carbocycles. The molecule has 1 amide bonds. The number of hydrogen-bond acceptors (Lipinski definition) is 4. The second-order valence-electron chi connectivity index (χ2n) is 5.36. The van der Waals surface area contributed by atoms with Gasteiger partial charge in [0.2, 0.25) is 5.91 Å². The van der Waals surface area contributed by atoms with E-state index < -0.39 is 5.97 Å². The number of methoxy groups -OCH3 is 1. The van der Waals surface area contributed by atoms with Gasteiger partial charge in [-0.1, -0.05) is 31.9 Å². The maximum absolute atomic E-state index is 13.1. The van der Waals surface area contributed by atoms with E-state index in [1.807, 2.05) is 0 Å². The molecule has 0 atom stereocenters. The van der Waals surface area contributed by atoms with Gasteiger partial charge in [0.1, 0.15) is 16.4 Å². The van der Waals surface area contributed by atoms with Crippen LogP contribution in [-0.2, 0) is 9.53 Å². The van der Waals surface area contributed by atoms with Gasteiger partial charge in [-0.2, -0.15) is 0 Å². The molecule has 0 saturated carbocycles. The van der Waals surface area contributed by atoms with Crippen molar-refractivity contribution in [1.82, 2.24) is 0 Å². The van der Waals surface area contributed by atoms with Crippen LogP contribution >= 0.6 is 11.3 Å². The summed E-state index contributed by atoms with van der Waals surface area (Å²) >= 11 is 1.26. The molecule has 1 aromatic heterocycles. The molecule has 0 saturated heterocycles. The molecular formula is C18H20FNO3S. The van der Waals surface area contributed by atoms with Crippen LogP contribution in [-0.4, -0.2) is 19.0 Å². The van der Waals surface area contributed by atoms with Crippen molar-refractivity contribution in [3.63, 3.8) is 0 Å². The van der Waals surface area contributed by atoms with Gasteiger partial charge in [-0.05, 0) is 24.1 Å². The molecule has 0 aliphatic heterocycles. The van der Waals surface area contributed by atoms with Gasteiger partial charge < -0.3 is 10.1 Å². The summed E-state index contributed by atoms with van der Waals surface area (Å²) in [5.41, 5.74) is 1.62. The van der Waals surface area contributed by atoms with E-state index in [1.165, 1.54) is 30.6 Å². The minimum Gasteiger partial charge on any atom is -0.465 e. The predicted molar refractivity (Wildman–Crippen MR) is 93.8 cm³/mol. The molecule has 1 aromatic carbocycles. The quantitative estimate of drug-likeness (QED) is 0.574. The van der Waals surface area contributed by atoms with E-state index in [0.717, 1.165) is 19.3 Å². The smallest absolute Gasteiger partial charge is 0.341 e. The molecule has 1 heterocycles. The Morgan fingerprint density at radius 1 is 1.21 bits per heavy atom. The molecule has 0 unspecified atom stereocenters. The number of benzene rings is 1. The Bertz CT molecular complexity index is 710. The lowest BCUT2D eigenvalue weighted by molar-refractivity contribution is -0.116. The molecular weight excluding hydrogens is 329 g/mol. The SMILES string of the molecule is CCCCCC(=O)Nc1scc(-c2ccc(F)cc2)c1C(=O)OC. The Morgan fingerprint density at radius 3 is 2.54 bits per heavy atom. The van der Waals surface area contributed by atoms with Crippen molar-refractivity contribution in [2.24, 2.45) is 0 Å². The molecule has 6 heteroatoms. The number of halogens is 1.